The van der Waals surface area contributed by atoms with Crippen molar-refractivity contribution in [3.8, 4) is 0 Å². The molecule has 224 valence electrons. The highest BCUT2D eigenvalue weighted by atomic mass is 14.1. The minimum absolute atomic E-state index is 0.533. The van der Waals surface area contributed by atoms with Crippen molar-refractivity contribution in [2.75, 3.05) is 0 Å². The summed E-state index contributed by atoms with van der Waals surface area (Å²) in [5.41, 5.74) is 0.533. The van der Waals surface area contributed by atoms with Gasteiger partial charge in [0.15, 0.2) is 0 Å². The van der Waals surface area contributed by atoms with Crippen molar-refractivity contribution >= 4 is 0 Å². The molecule has 0 bridgehead atoms. The van der Waals surface area contributed by atoms with Crippen LogP contribution in [0.4, 0.5) is 0 Å². The van der Waals surface area contributed by atoms with E-state index in [0.29, 0.717) is 5.41 Å². The lowest BCUT2D eigenvalue weighted by molar-refractivity contribution is 0.356. The van der Waals surface area contributed by atoms with Gasteiger partial charge in [0.25, 0.3) is 0 Å². The Kier molecular flexibility index (Phi) is 30.5. The number of hydrogen-bond acceptors (Lipinski definition) is 0. The summed E-state index contributed by atoms with van der Waals surface area (Å²) in [6.45, 7) is 9.42. The molecule has 0 fully saturated rings. The fourth-order valence-corrected chi connectivity index (χ4v) is 5.86. The number of hydrogen-bond donors (Lipinski definition) is 0. The van der Waals surface area contributed by atoms with Crippen LogP contribution in [-0.4, -0.2) is 0 Å². The van der Waals surface area contributed by atoms with Gasteiger partial charge in [-0.2, -0.15) is 0 Å². The molecule has 0 aromatic heterocycles. The third-order valence-electron chi connectivity index (χ3n) is 8.53. The van der Waals surface area contributed by atoms with Crippen LogP contribution in [0.15, 0.2) is 0 Å². The molecule has 0 spiro atoms. The molecule has 0 radical (unpaired) electrons. The molecular weight excluding hydrogens is 444 g/mol. The third kappa shape index (κ3) is 36.0. The van der Waals surface area contributed by atoms with Gasteiger partial charge in [-0.3, -0.25) is 0 Å². The zero-order valence-corrected chi connectivity index (χ0v) is 27.1. The zero-order valence-electron chi connectivity index (χ0n) is 27.1. The molecule has 0 nitrogen and oxygen atoms in total. The van der Waals surface area contributed by atoms with Crippen LogP contribution in [-0.2, 0) is 0 Å². The van der Waals surface area contributed by atoms with Gasteiger partial charge < -0.3 is 0 Å². The fourth-order valence-electron chi connectivity index (χ4n) is 5.86. The van der Waals surface area contributed by atoms with Gasteiger partial charge in [-0.25, -0.2) is 0 Å². The Morgan fingerprint density at radius 1 is 0.243 bits per heavy atom. The first-order valence-electron chi connectivity index (χ1n) is 18.1. The largest absolute Gasteiger partial charge is 0.0654 e. The standard InChI is InChI=1S/C37H76/c1-5-6-7-8-9-10-11-12-13-14-15-16-17-18-19-20-21-22-23-24-25-26-27-28-29-30-31-32-33-34-35-36-37(2,3)4/h5-36H2,1-4H3. The topological polar surface area (TPSA) is 0 Å². The van der Waals surface area contributed by atoms with Gasteiger partial charge in [-0.1, -0.05) is 227 Å². The van der Waals surface area contributed by atoms with Crippen molar-refractivity contribution < 1.29 is 0 Å². The molecule has 0 aliphatic rings. The Hall–Kier alpha value is 0. The van der Waals surface area contributed by atoms with Crippen LogP contribution in [0, 0.1) is 5.41 Å². The van der Waals surface area contributed by atoms with Crippen molar-refractivity contribution in [1.29, 1.82) is 0 Å². The molecule has 0 amide bonds. The SMILES string of the molecule is CCCCCCCCCCCCCCCCCCCCCCCCCCCCCCCCCC(C)(C)C. The van der Waals surface area contributed by atoms with Gasteiger partial charge in [-0.15, -0.1) is 0 Å². The molecule has 0 heteroatoms. The molecule has 0 aromatic rings. The van der Waals surface area contributed by atoms with Crippen LogP contribution >= 0.6 is 0 Å². The van der Waals surface area contributed by atoms with Crippen LogP contribution in [0.2, 0.25) is 0 Å². The van der Waals surface area contributed by atoms with Gasteiger partial charge in [0.2, 0.25) is 0 Å². The van der Waals surface area contributed by atoms with Crippen LogP contribution < -0.4 is 0 Å². The molecule has 0 N–H and O–H groups in total. The van der Waals surface area contributed by atoms with E-state index in [-0.39, 0.29) is 0 Å². The molecule has 0 atom stereocenters. The van der Waals surface area contributed by atoms with Crippen molar-refractivity contribution in [2.24, 2.45) is 5.41 Å². The molecule has 0 saturated heterocycles. The first-order valence-corrected chi connectivity index (χ1v) is 18.1. The predicted molar refractivity (Wildman–Crippen MR) is 173 cm³/mol. The average Bonchev–Trinajstić information content (AvgIpc) is 2.86. The summed E-state index contributed by atoms with van der Waals surface area (Å²) >= 11 is 0. The lowest BCUT2D eigenvalue weighted by Gasteiger charge is -2.17. The Bertz CT molecular complexity index is 389. The van der Waals surface area contributed by atoms with E-state index >= 15 is 0 Å². The van der Waals surface area contributed by atoms with Gasteiger partial charge in [0, 0.05) is 0 Å². The van der Waals surface area contributed by atoms with Crippen molar-refractivity contribution in [3.05, 3.63) is 0 Å². The zero-order chi connectivity index (χ0) is 27.1. The van der Waals surface area contributed by atoms with E-state index in [1.165, 1.54) is 205 Å². The normalized spacial score (nSPS) is 12.0. The second-order valence-electron chi connectivity index (χ2n) is 13.9. The molecule has 0 rings (SSSR count). The first kappa shape index (κ1) is 37.0. The van der Waals surface area contributed by atoms with Gasteiger partial charge >= 0.3 is 0 Å². The van der Waals surface area contributed by atoms with Crippen LogP contribution in [0.25, 0.3) is 0 Å². The Morgan fingerprint density at radius 2 is 0.405 bits per heavy atom. The second-order valence-corrected chi connectivity index (χ2v) is 13.9. The van der Waals surface area contributed by atoms with E-state index in [1.54, 1.807) is 0 Å². The van der Waals surface area contributed by atoms with E-state index in [2.05, 4.69) is 27.7 Å². The summed E-state index contributed by atoms with van der Waals surface area (Å²) < 4.78 is 0. The molecule has 0 saturated carbocycles. The Balaban J connectivity index is 3.04. The predicted octanol–water partition coefficient (Wildman–Crippen LogP) is 14.5. The maximum absolute atomic E-state index is 2.37. The Labute approximate surface area is 238 Å². The highest BCUT2D eigenvalue weighted by Crippen LogP contribution is 2.23. The molecule has 0 aliphatic carbocycles. The molecular formula is C37H76. The van der Waals surface area contributed by atoms with E-state index < -0.39 is 0 Å². The smallest absolute Gasteiger partial charge is 0.0383 e. The number of unbranched alkanes of at least 4 members (excludes halogenated alkanes) is 30. The van der Waals surface area contributed by atoms with E-state index in [1.807, 2.05) is 0 Å². The summed E-state index contributed by atoms with van der Waals surface area (Å²) in [5, 5.41) is 0. The van der Waals surface area contributed by atoms with Gasteiger partial charge in [-0.05, 0) is 11.8 Å². The molecule has 0 aromatic carbocycles. The highest BCUT2D eigenvalue weighted by molar-refractivity contribution is 4.61. The lowest BCUT2D eigenvalue weighted by atomic mass is 9.89. The van der Waals surface area contributed by atoms with Gasteiger partial charge in [0.1, 0.15) is 0 Å². The minimum atomic E-state index is 0.533. The van der Waals surface area contributed by atoms with Crippen LogP contribution in [0.5, 0.6) is 0 Å². The lowest BCUT2D eigenvalue weighted by Crippen LogP contribution is -2.03. The summed E-state index contributed by atoms with van der Waals surface area (Å²) in [5.74, 6) is 0. The first-order chi connectivity index (χ1) is 18.1. The molecule has 37 heavy (non-hydrogen) atoms. The van der Waals surface area contributed by atoms with Crippen molar-refractivity contribution in [1.82, 2.24) is 0 Å². The second kappa shape index (κ2) is 30.5. The maximum Gasteiger partial charge on any atom is -0.0383 e. The molecule has 0 aliphatic heterocycles. The van der Waals surface area contributed by atoms with Crippen molar-refractivity contribution in [3.63, 3.8) is 0 Å². The van der Waals surface area contributed by atoms with E-state index in [9.17, 15) is 0 Å². The van der Waals surface area contributed by atoms with E-state index in [4.69, 9.17) is 0 Å². The molecule has 0 unspecified atom stereocenters. The maximum atomic E-state index is 2.37. The Morgan fingerprint density at radius 3 is 0.568 bits per heavy atom. The molecule has 0 heterocycles. The number of rotatable bonds is 31. The summed E-state index contributed by atoms with van der Waals surface area (Å²) in [4.78, 5) is 0. The fraction of sp³-hybridized carbons (Fsp3) is 1.00. The average molecular weight is 521 g/mol. The van der Waals surface area contributed by atoms with E-state index in [0.717, 1.165) is 0 Å². The summed E-state index contributed by atoms with van der Waals surface area (Å²) in [7, 11) is 0. The van der Waals surface area contributed by atoms with Crippen molar-refractivity contribution in [2.45, 2.75) is 233 Å². The van der Waals surface area contributed by atoms with Gasteiger partial charge in [0.05, 0.1) is 0 Å². The highest BCUT2D eigenvalue weighted by Gasteiger charge is 2.08. The van der Waals surface area contributed by atoms with Crippen LogP contribution in [0.3, 0.4) is 0 Å². The summed E-state index contributed by atoms with van der Waals surface area (Å²) in [6, 6.07) is 0. The van der Waals surface area contributed by atoms with Crippen LogP contribution in [0.1, 0.15) is 233 Å². The monoisotopic (exact) mass is 521 g/mol. The summed E-state index contributed by atoms with van der Waals surface area (Å²) in [6.07, 6.45) is 47.3. The quantitative estimate of drug-likeness (QED) is 0.0797. The third-order valence-corrected chi connectivity index (χ3v) is 8.53. The minimum Gasteiger partial charge on any atom is -0.0654 e.